The molecule has 2 aliphatic rings. The number of methoxy groups -OCH3 is 1. The highest BCUT2D eigenvalue weighted by atomic mass is 35.5. The smallest absolute Gasteiger partial charge is 0.295 e. The van der Waals surface area contributed by atoms with Gasteiger partial charge in [0, 0.05) is 37.5 Å². The number of ether oxygens (including phenoxy) is 2. The van der Waals surface area contributed by atoms with Gasteiger partial charge in [0.2, 0.25) is 0 Å². The quantitative estimate of drug-likeness (QED) is 0.276. The van der Waals surface area contributed by atoms with E-state index in [1.54, 1.807) is 0 Å². The predicted octanol–water partition coefficient (Wildman–Crippen LogP) is 5.45. The molecule has 2 aromatic rings. The SMILES string of the molecule is CCN(CC)c1ccc(C2/C(=C(\O)c3cc(Cl)c(OC)c(Cl)c3)C(=O)C(=O)N2CC2CCCO2)cc1. The maximum absolute atomic E-state index is 13.3. The number of ketones is 1. The molecule has 9 heteroatoms. The number of nitrogens with zero attached hydrogens (tertiary/aromatic N) is 2. The molecule has 36 heavy (non-hydrogen) atoms. The Bertz CT molecular complexity index is 1150. The Morgan fingerprint density at radius 1 is 1.14 bits per heavy atom. The third-order valence-electron chi connectivity index (χ3n) is 6.78. The van der Waals surface area contributed by atoms with Crippen LogP contribution in [0.15, 0.2) is 42.0 Å². The van der Waals surface area contributed by atoms with Gasteiger partial charge in [-0.25, -0.2) is 0 Å². The van der Waals surface area contributed by atoms with Gasteiger partial charge in [0.15, 0.2) is 5.75 Å². The van der Waals surface area contributed by atoms with Gasteiger partial charge in [-0.3, -0.25) is 9.59 Å². The fourth-order valence-electron chi connectivity index (χ4n) is 4.93. The number of carbonyl (C=O) groups is 2. The summed E-state index contributed by atoms with van der Waals surface area (Å²) in [5.41, 5.74) is 1.97. The second-order valence-electron chi connectivity index (χ2n) is 8.82. The van der Waals surface area contributed by atoms with Crippen molar-refractivity contribution >= 4 is 46.3 Å². The highest BCUT2D eigenvalue weighted by Gasteiger charge is 2.47. The first-order chi connectivity index (χ1) is 17.3. The maximum Gasteiger partial charge on any atom is 0.295 e. The van der Waals surface area contributed by atoms with Crippen LogP contribution in [0.25, 0.3) is 5.76 Å². The number of aliphatic hydroxyl groups is 1. The van der Waals surface area contributed by atoms with Gasteiger partial charge < -0.3 is 24.4 Å². The number of anilines is 1. The minimum absolute atomic E-state index is 0.00844. The number of amides is 1. The first-order valence-corrected chi connectivity index (χ1v) is 12.8. The summed E-state index contributed by atoms with van der Waals surface area (Å²) >= 11 is 12.6. The lowest BCUT2D eigenvalue weighted by atomic mass is 9.94. The number of benzene rings is 2. The van der Waals surface area contributed by atoms with E-state index >= 15 is 0 Å². The molecule has 2 saturated heterocycles. The molecule has 0 radical (unpaired) electrons. The number of hydrogen-bond donors (Lipinski definition) is 1. The highest BCUT2D eigenvalue weighted by Crippen LogP contribution is 2.42. The van der Waals surface area contributed by atoms with E-state index in [1.807, 2.05) is 24.3 Å². The van der Waals surface area contributed by atoms with Gasteiger partial charge in [0.05, 0.1) is 34.9 Å². The molecule has 192 valence electrons. The Labute approximate surface area is 221 Å². The average molecular weight is 533 g/mol. The molecule has 0 bridgehead atoms. The third kappa shape index (κ3) is 4.92. The summed E-state index contributed by atoms with van der Waals surface area (Å²) in [6.45, 7) is 6.76. The molecule has 0 spiro atoms. The molecule has 2 unspecified atom stereocenters. The topological polar surface area (TPSA) is 79.3 Å². The molecular formula is C27H30Cl2N2O5. The fourth-order valence-corrected chi connectivity index (χ4v) is 5.57. The molecule has 4 rings (SSSR count). The van der Waals surface area contributed by atoms with E-state index < -0.39 is 17.7 Å². The van der Waals surface area contributed by atoms with Gasteiger partial charge in [-0.2, -0.15) is 0 Å². The lowest BCUT2D eigenvalue weighted by Crippen LogP contribution is -2.36. The van der Waals surface area contributed by atoms with E-state index in [0.29, 0.717) is 6.61 Å². The maximum atomic E-state index is 13.3. The van der Waals surface area contributed by atoms with Crippen molar-refractivity contribution in [3.63, 3.8) is 0 Å². The Morgan fingerprint density at radius 2 is 1.78 bits per heavy atom. The summed E-state index contributed by atoms with van der Waals surface area (Å²) in [4.78, 5) is 30.2. The highest BCUT2D eigenvalue weighted by molar-refractivity contribution is 6.46. The molecule has 0 saturated carbocycles. The summed E-state index contributed by atoms with van der Waals surface area (Å²) in [7, 11) is 1.44. The number of hydrogen-bond acceptors (Lipinski definition) is 6. The van der Waals surface area contributed by atoms with E-state index in [4.69, 9.17) is 32.7 Å². The molecule has 2 aliphatic heterocycles. The number of rotatable bonds is 8. The van der Waals surface area contributed by atoms with Gasteiger partial charge in [-0.15, -0.1) is 0 Å². The zero-order valence-corrected chi connectivity index (χ0v) is 22.1. The molecule has 2 heterocycles. The summed E-state index contributed by atoms with van der Waals surface area (Å²) < 4.78 is 11.0. The van der Waals surface area contributed by atoms with Crippen LogP contribution < -0.4 is 9.64 Å². The van der Waals surface area contributed by atoms with Gasteiger partial charge in [0.1, 0.15) is 5.76 Å². The molecule has 0 aliphatic carbocycles. The van der Waals surface area contributed by atoms with Crippen molar-refractivity contribution in [2.75, 3.05) is 38.3 Å². The average Bonchev–Trinajstić information content (AvgIpc) is 3.47. The fraction of sp³-hybridized carbons (Fsp3) is 0.407. The van der Waals surface area contributed by atoms with Crippen LogP contribution >= 0.6 is 23.2 Å². The van der Waals surface area contributed by atoms with Crippen LogP contribution in [0.2, 0.25) is 10.0 Å². The summed E-state index contributed by atoms with van der Waals surface area (Å²) in [5, 5.41) is 11.7. The van der Waals surface area contributed by atoms with Gasteiger partial charge in [-0.1, -0.05) is 35.3 Å². The number of aliphatic hydroxyl groups excluding tert-OH is 1. The zero-order chi connectivity index (χ0) is 26.0. The van der Waals surface area contributed by atoms with Crippen LogP contribution in [0.1, 0.15) is 43.9 Å². The van der Waals surface area contributed by atoms with Crippen molar-refractivity contribution < 1.29 is 24.2 Å². The first kappa shape index (κ1) is 26.3. The number of halogens is 2. The van der Waals surface area contributed by atoms with Crippen LogP contribution in [0.5, 0.6) is 5.75 Å². The van der Waals surface area contributed by atoms with Crippen molar-refractivity contribution in [1.29, 1.82) is 0 Å². The number of carbonyl (C=O) groups excluding carboxylic acids is 2. The molecular weight excluding hydrogens is 503 g/mol. The standard InChI is InChI=1S/C27H30Cl2N2O5/c1-4-30(5-2)18-10-8-16(9-11-18)23-22(24(32)17-13-20(28)26(35-3)21(29)14-17)25(33)27(34)31(23)15-19-7-6-12-36-19/h8-11,13-14,19,23,32H,4-7,12,15H2,1-3H3/b24-22+. The summed E-state index contributed by atoms with van der Waals surface area (Å²) in [6, 6.07) is 9.89. The van der Waals surface area contributed by atoms with E-state index in [2.05, 4.69) is 18.7 Å². The van der Waals surface area contributed by atoms with E-state index in [0.717, 1.165) is 37.2 Å². The lowest BCUT2D eigenvalue weighted by molar-refractivity contribution is -0.140. The largest absolute Gasteiger partial charge is 0.507 e. The van der Waals surface area contributed by atoms with E-state index in [-0.39, 0.29) is 45.3 Å². The molecule has 7 nitrogen and oxygen atoms in total. The Kier molecular flexibility index (Phi) is 8.13. The molecule has 2 atom stereocenters. The summed E-state index contributed by atoms with van der Waals surface area (Å²) in [6.07, 6.45) is 1.55. The molecule has 1 amide bonds. The lowest BCUT2D eigenvalue weighted by Gasteiger charge is -2.28. The van der Waals surface area contributed by atoms with Crippen molar-refractivity contribution in [3.05, 3.63) is 63.1 Å². The molecule has 2 aromatic carbocycles. The minimum Gasteiger partial charge on any atom is -0.507 e. The van der Waals surface area contributed by atoms with Crippen molar-refractivity contribution in [2.45, 2.75) is 38.8 Å². The second kappa shape index (κ2) is 11.1. The van der Waals surface area contributed by atoms with Crippen molar-refractivity contribution in [3.8, 4) is 5.75 Å². The monoisotopic (exact) mass is 532 g/mol. The van der Waals surface area contributed by atoms with Crippen molar-refractivity contribution in [1.82, 2.24) is 4.90 Å². The van der Waals surface area contributed by atoms with Crippen LogP contribution in [0, 0.1) is 0 Å². The minimum atomic E-state index is -0.778. The molecule has 1 N–H and O–H groups in total. The number of Topliss-reactive ketones (excluding diaryl/α,β-unsaturated/α-hetero) is 1. The van der Waals surface area contributed by atoms with Gasteiger partial charge in [0.25, 0.3) is 11.7 Å². The molecule has 2 fully saturated rings. The molecule has 0 aromatic heterocycles. The third-order valence-corrected chi connectivity index (χ3v) is 7.34. The predicted molar refractivity (Wildman–Crippen MR) is 141 cm³/mol. The summed E-state index contributed by atoms with van der Waals surface area (Å²) in [5.74, 6) is -1.51. The Morgan fingerprint density at radius 3 is 2.31 bits per heavy atom. The normalized spacial score (nSPS) is 21.3. The van der Waals surface area contributed by atoms with Crippen LogP contribution in [-0.4, -0.2) is 61.2 Å². The van der Waals surface area contributed by atoms with E-state index in [9.17, 15) is 14.7 Å². The zero-order valence-electron chi connectivity index (χ0n) is 20.6. The first-order valence-electron chi connectivity index (χ1n) is 12.1. The van der Waals surface area contributed by atoms with Crippen LogP contribution in [0.3, 0.4) is 0 Å². The van der Waals surface area contributed by atoms with E-state index in [1.165, 1.54) is 24.1 Å². The van der Waals surface area contributed by atoms with Gasteiger partial charge >= 0.3 is 0 Å². The number of likely N-dealkylation sites (tertiary alicyclic amines) is 1. The Balaban J connectivity index is 1.82. The van der Waals surface area contributed by atoms with Crippen molar-refractivity contribution in [2.24, 2.45) is 0 Å². The van der Waals surface area contributed by atoms with Crippen LogP contribution in [-0.2, 0) is 14.3 Å². The van der Waals surface area contributed by atoms with Crippen LogP contribution in [0.4, 0.5) is 5.69 Å². The second-order valence-corrected chi connectivity index (χ2v) is 9.64. The van der Waals surface area contributed by atoms with Gasteiger partial charge in [-0.05, 0) is 56.5 Å². The Hall–Kier alpha value is -2.74.